The van der Waals surface area contributed by atoms with E-state index in [1.54, 1.807) is 0 Å². The van der Waals surface area contributed by atoms with Crippen LogP contribution in [0.4, 0.5) is 22.7 Å². The van der Waals surface area contributed by atoms with E-state index >= 15 is 0 Å². The average molecular weight is 455 g/mol. The number of anilines is 4. The predicted octanol–water partition coefficient (Wildman–Crippen LogP) is 9.05. The van der Waals surface area contributed by atoms with E-state index in [1.807, 2.05) is 0 Å². The summed E-state index contributed by atoms with van der Waals surface area (Å²) < 4.78 is 0. The average Bonchev–Trinajstić information content (AvgIpc) is 2.88. The second-order valence-electron chi connectivity index (χ2n) is 9.10. The van der Waals surface area contributed by atoms with Crippen LogP contribution in [0.15, 0.2) is 121 Å². The second kappa shape index (κ2) is 10.3. The molecule has 2 heteroatoms. The second-order valence-corrected chi connectivity index (χ2v) is 9.10. The van der Waals surface area contributed by atoms with Gasteiger partial charge >= 0.3 is 0 Å². The zero-order chi connectivity index (χ0) is 24.0. The highest BCUT2D eigenvalue weighted by Gasteiger charge is 2.09. The first-order valence-electron chi connectivity index (χ1n) is 12.1. The van der Waals surface area contributed by atoms with Crippen LogP contribution in [-0.4, -0.2) is 0 Å². The van der Waals surface area contributed by atoms with Crippen LogP contribution in [0.1, 0.15) is 22.3 Å². The van der Waals surface area contributed by atoms with Crippen LogP contribution in [0.25, 0.3) is 11.1 Å². The van der Waals surface area contributed by atoms with Crippen LogP contribution in [0.3, 0.4) is 0 Å². The predicted molar refractivity (Wildman–Crippen MR) is 150 cm³/mol. The first kappa shape index (κ1) is 22.5. The van der Waals surface area contributed by atoms with Crippen molar-refractivity contribution in [2.24, 2.45) is 0 Å². The first-order valence-corrected chi connectivity index (χ1v) is 12.1. The Morgan fingerprint density at radius 3 is 1.57 bits per heavy atom. The topological polar surface area (TPSA) is 24.1 Å². The Morgan fingerprint density at radius 2 is 1.00 bits per heavy atom. The number of aryl methyl sites for hydroxylation is 2. The maximum atomic E-state index is 3.60. The fourth-order valence-corrected chi connectivity index (χ4v) is 4.34. The molecule has 5 rings (SSSR count). The molecule has 0 aliphatic carbocycles. The molecule has 0 heterocycles. The summed E-state index contributed by atoms with van der Waals surface area (Å²) in [6.45, 7) is 4.22. The van der Waals surface area contributed by atoms with Crippen molar-refractivity contribution in [1.82, 2.24) is 0 Å². The molecule has 5 aromatic rings. The number of benzene rings is 5. The fourth-order valence-electron chi connectivity index (χ4n) is 4.34. The van der Waals surface area contributed by atoms with Crippen molar-refractivity contribution in [2.45, 2.75) is 20.3 Å². The maximum Gasteiger partial charge on any atom is 0.0407 e. The minimum absolute atomic E-state index is 0.844. The Bertz CT molecular complexity index is 1340. The number of hydrogen-bond donors (Lipinski definition) is 2. The standard InChI is InChI=1S/C33H30N2/c1-24-12-16-29(17-13-24)34-31-21-26(22-32(23-31)35-30-18-14-25(2)15-19-30)20-28-10-6-7-11-33(28)27-8-4-3-5-9-27/h3-19,21-23,34-35H,20H2,1-2H3. The zero-order valence-electron chi connectivity index (χ0n) is 20.3. The van der Waals surface area contributed by atoms with Crippen LogP contribution >= 0.6 is 0 Å². The lowest BCUT2D eigenvalue weighted by Gasteiger charge is -2.15. The normalized spacial score (nSPS) is 10.7. The molecular formula is C33H30N2. The van der Waals surface area contributed by atoms with Crippen molar-refractivity contribution in [2.75, 3.05) is 10.6 Å². The van der Waals surface area contributed by atoms with Crippen molar-refractivity contribution >= 4 is 22.7 Å². The molecule has 0 saturated heterocycles. The van der Waals surface area contributed by atoms with E-state index in [0.29, 0.717) is 0 Å². The largest absolute Gasteiger partial charge is 0.355 e. The summed E-state index contributed by atoms with van der Waals surface area (Å²) in [7, 11) is 0. The Kier molecular flexibility index (Phi) is 6.63. The fraction of sp³-hybridized carbons (Fsp3) is 0.0909. The Hall–Kier alpha value is -4.30. The SMILES string of the molecule is Cc1ccc(Nc2cc(Cc3ccccc3-c3ccccc3)cc(Nc3ccc(C)cc3)c2)cc1. The van der Waals surface area contributed by atoms with Crippen LogP contribution in [0.2, 0.25) is 0 Å². The van der Waals surface area contributed by atoms with Crippen molar-refractivity contribution < 1.29 is 0 Å². The molecular weight excluding hydrogens is 424 g/mol. The molecule has 0 unspecified atom stereocenters. The highest BCUT2D eigenvalue weighted by atomic mass is 14.9. The summed E-state index contributed by atoms with van der Waals surface area (Å²) in [5, 5.41) is 7.20. The minimum atomic E-state index is 0.844. The molecule has 0 saturated carbocycles. The molecule has 0 aromatic heterocycles. The van der Waals surface area contributed by atoms with Gasteiger partial charge in [0.05, 0.1) is 0 Å². The van der Waals surface area contributed by atoms with Gasteiger partial charge in [-0.2, -0.15) is 0 Å². The molecule has 0 aliphatic rings. The molecule has 0 atom stereocenters. The van der Waals surface area contributed by atoms with Crippen molar-refractivity contribution in [3.63, 3.8) is 0 Å². The lowest BCUT2D eigenvalue weighted by Crippen LogP contribution is -1.98. The Morgan fingerprint density at radius 1 is 0.486 bits per heavy atom. The van der Waals surface area contributed by atoms with Gasteiger partial charge in [-0.25, -0.2) is 0 Å². The van der Waals surface area contributed by atoms with Crippen LogP contribution < -0.4 is 10.6 Å². The number of nitrogens with one attached hydrogen (secondary N) is 2. The molecule has 172 valence electrons. The van der Waals surface area contributed by atoms with Gasteiger partial charge in [0.25, 0.3) is 0 Å². The molecule has 2 N–H and O–H groups in total. The summed E-state index contributed by atoms with van der Waals surface area (Å²) in [6, 6.07) is 43.0. The monoisotopic (exact) mass is 454 g/mol. The van der Waals surface area contributed by atoms with Gasteiger partial charge in [0.2, 0.25) is 0 Å². The molecule has 2 nitrogen and oxygen atoms in total. The van der Waals surface area contributed by atoms with E-state index in [2.05, 4.69) is 146 Å². The molecule has 0 spiro atoms. The smallest absolute Gasteiger partial charge is 0.0407 e. The van der Waals surface area contributed by atoms with E-state index < -0.39 is 0 Å². The lowest BCUT2D eigenvalue weighted by molar-refractivity contribution is 1.19. The van der Waals surface area contributed by atoms with Gasteiger partial charge in [0, 0.05) is 22.7 Å². The van der Waals surface area contributed by atoms with Gasteiger partial charge in [0.1, 0.15) is 0 Å². The van der Waals surface area contributed by atoms with Gasteiger partial charge in [0.15, 0.2) is 0 Å². The number of rotatable bonds is 7. The molecule has 0 aliphatic heterocycles. The third-order valence-corrected chi connectivity index (χ3v) is 6.17. The molecule has 0 amide bonds. The van der Waals surface area contributed by atoms with Crippen LogP contribution in [0.5, 0.6) is 0 Å². The van der Waals surface area contributed by atoms with Crippen molar-refractivity contribution in [1.29, 1.82) is 0 Å². The van der Waals surface area contributed by atoms with E-state index in [9.17, 15) is 0 Å². The Labute approximate surface area is 208 Å². The van der Waals surface area contributed by atoms with Gasteiger partial charge in [-0.3, -0.25) is 0 Å². The molecule has 35 heavy (non-hydrogen) atoms. The third-order valence-electron chi connectivity index (χ3n) is 6.17. The van der Waals surface area contributed by atoms with Gasteiger partial charge < -0.3 is 10.6 Å². The van der Waals surface area contributed by atoms with E-state index in [1.165, 1.54) is 33.4 Å². The summed E-state index contributed by atoms with van der Waals surface area (Å²) in [5.41, 5.74) is 11.9. The molecule has 5 aromatic carbocycles. The summed E-state index contributed by atoms with van der Waals surface area (Å²) in [6.07, 6.45) is 0.844. The summed E-state index contributed by atoms with van der Waals surface area (Å²) in [4.78, 5) is 0. The molecule has 0 bridgehead atoms. The first-order chi connectivity index (χ1) is 17.1. The lowest BCUT2D eigenvalue weighted by atomic mass is 9.94. The van der Waals surface area contributed by atoms with E-state index in [-0.39, 0.29) is 0 Å². The van der Waals surface area contributed by atoms with Gasteiger partial charge in [-0.05, 0) is 85.0 Å². The van der Waals surface area contributed by atoms with E-state index in [0.717, 1.165) is 29.2 Å². The molecule has 0 radical (unpaired) electrons. The van der Waals surface area contributed by atoms with Crippen molar-refractivity contribution in [3.8, 4) is 11.1 Å². The summed E-state index contributed by atoms with van der Waals surface area (Å²) >= 11 is 0. The highest BCUT2D eigenvalue weighted by Crippen LogP contribution is 2.30. The maximum absolute atomic E-state index is 3.60. The quantitative estimate of drug-likeness (QED) is 0.256. The highest BCUT2D eigenvalue weighted by molar-refractivity contribution is 5.72. The van der Waals surface area contributed by atoms with Crippen LogP contribution in [0, 0.1) is 13.8 Å². The Balaban J connectivity index is 1.50. The minimum Gasteiger partial charge on any atom is -0.355 e. The zero-order valence-corrected chi connectivity index (χ0v) is 20.3. The molecule has 0 fully saturated rings. The third kappa shape index (κ3) is 5.80. The van der Waals surface area contributed by atoms with E-state index in [4.69, 9.17) is 0 Å². The van der Waals surface area contributed by atoms with Gasteiger partial charge in [-0.15, -0.1) is 0 Å². The van der Waals surface area contributed by atoms with Gasteiger partial charge in [-0.1, -0.05) is 90.0 Å². The van der Waals surface area contributed by atoms with Crippen molar-refractivity contribution in [3.05, 3.63) is 144 Å². The number of hydrogen-bond acceptors (Lipinski definition) is 2. The summed E-state index contributed by atoms with van der Waals surface area (Å²) in [5.74, 6) is 0. The van der Waals surface area contributed by atoms with Crippen LogP contribution in [-0.2, 0) is 6.42 Å².